The third-order valence-corrected chi connectivity index (χ3v) is 4.24. The first-order valence-electron chi connectivity index (χ1n) is 5.18. The number of rotatable bonds is 5. The normalized spacial score (nSPS) is 17.2. The van der Waals surface area contributed by atoms with Crippen molar-refractivity contribution in [1.29, 1.82) is 0 Å². The van der Waals surface area contributed by atoms with Crippen LogP contribution in [0.5, 0.6) is 0 Å². The SMILES string of the molecule is OCCC1(CNc2ncnc(Cl)c2Br)CC1. The Hall–Kier alpha value is -0.390. The van der Waals surface area contributed by atoms with E-state index in [0.29, 0.717) is 15.4 Å². The Labute approximate surface area is 108 Å². The smallest absolute Gasteiger partial charge is 0.148 e. The summed E-state index contributed by atoms with van der Waals surface area (Å²) in [5, 5.41) is 12.6. The van der Waals surface area contributed by atoms with Crippen LogP contribution in [0.3, 0.4) is 0 Å². The van der Waals surface area contributed by atoms with Gasteiger partial charge in [0.05, 0.1) is 4.47 Å². The van der Waals surface area contributed by atoms with Crippen LogP contribution < -0.4 is 5.32 Å². The number of nitrogens with zero attached hydrogens (tertiary/aromatic N) is 2. The number of hydrogen-bond donors (Lipinski definition) is 2. The molecule has 1 aromatic rings. The van der Waals surface area contributed by atoms with Gasteiger partial charge in [0, 0.05) is 13.2 Å². The first kappa shape index (κ1) is 12.1. The molecule has 0 amide bonds. The van der Waals surface area contributed by atoms with Crippen molar-refractivity contribution in [3.63, 3.8) is 0 Å². The van der Waals surface area contributed by atoms with E-state index in [0.717, 1.165) is 25.8 Å². The second-order valence-corrected chi connectivity index (χ2v) is 5.31. The lowest BCUT2D eigenvalue weighted by atomic mass is 10.0. The zero-order valence-corrected chi connectivity index (χ0v) is 11.1. The molecule has 2 rings (SSSR count). The Morgan fingerprint density at radius 2 is 2.25 bits per heavy atom. The summed E-state index contributed by atoms with van der Waals surface area (Å²) in [5.74, 6) is 0.712. The van der Waals surface area contributed by atoms with Crippen LogP contribution in [-0.2, 0) is 0 Å². The van der Waals surface area contributed by atoms with Crippen LogP contribution in [0.15, 0.2) is 10.8 Å². The Morgan fingerprint density at radius 1 is 1.50 bits per heavy atom. The molecule has 4 nitrogen and oxygen atoms in total. The molecule has 0 atom stereocenters. The molecule has 1 saturated carbocycles. The van der Waals surface area contributed by atoms with Gasteiger partial charge in [0.2, 0.25) is 0 Å². The lowest BCUT2D eigenvalue weighted by Crippen LogP contribution is -2.17. The Morgan fingerprint density at radius 3 is 2.88 bits per heavy atom. The largest absolute Gasteiger partial charge is 0.396 e. The van der Waals surface area contributed by atoms with Crippen molar-refractivity contribution >= 4 is 33.3 Å². The van der Waals surface area contributed by atoms with E-state index in [2.05, 4.69) is 31.2 Å². The molecule has 0 bridgehead atoms. The molecule has 1 aliphatic carbocycles. The fraction of sp³-hybridized carbons (Fsp3) is 0.600. The molecule has 1 heterocycles. The molecule has 0 saturated heterocycles. The number of halogens is 2. The predicted octanol–water partition coefficient (Wildman–Crippen LogP) is 2.47. The summed E-state index contributed by atoms with van der Waals surface area (Å²) in [6.45, 7) is 1.06. The van der Waals surface area contributed by atoms with Crippen molar-refractivity contribution in [2.45, 2.75) is 19.3 Å². The molecule has 1 aromatic heterocycles. The highest BCUT2D eigenvalue weighted by atomic mass is 79.9. The van der Waals surface area contributed by atoms with E-state index in [1.54, 1.807) is 0 Å². The maximum atomic E-state index is 8.95. The molecular formula is C10H13BrClN3O. The maximum absolute atomic E-state index is 8.95. The van der Waals surface area contributed by atoms with Crippen LogP contribution in [0.25, 0.3) is 0 Å². The average molecular weight is 307 g/mol. The van der Waals surface area contributed by atoms with Crippen LogP contribution in [0.1, 0.15) is 19.3 Å². The molecule has 0 unspecified atom stereocenters. The van der Waals surface area contributed by atoms with Gasteiger partial charge in [0.15, 0.2) is 0 Å². The van der Waals surface area contributed by atoms with Crippen LogP contribution in [0, 0.1) is 5.41 Å². The minimum absolute atomic E-state index is 0.243. The molecule has 0 spiro atoms. The Bertz CT molecular complexity index is 384. The summed E-state index contributed by atoms with van der Waals surface area (Å²) < 4.78 is 0.691. The Balaban J connectivity index is 1.97. The maximum Gasteiger partial charge on any atom is 0.148 e. The van der Waals surface area contributed by atoms with Crippen LogP contribution in [0.4, 0.5) is 5.82 Å². The van der Waals surface area contributed by atoms with Gasteiger partial charge in [-0.25, -0.2) is 9.97 Å². The summed E-state index contributed by atoms with van der Waals surface area (Å²) in [6, 6.07) is 0. The molecule has 6 heteroatoms. The lowest BCUT2D eigenvalue weighted by molar-refractivity contribution is 0.253. The van der Waals surface area contributed by atoms with Crippen molar-refractivity contribution in [1.82, 2.24) is 9.97 Å². The Kier molecular flexibility index (Phi) is 3.66. The minimum atomic E-state index is 0.243. The molecular weight excluding hydrogens is 293 g/mol. The lowest BCUT2D eigenvalue weighted by Gasteiger charge is -2.15. The number of aromatic nitrogens is 2. The van der Waals surface area contributed by atoms with E-state index in [1.165, 1.54) is 6.33 Å². The van der Waals surface area contributed by atoms with Gasteiger partial charge in [0.25, 0.3) is 0 Å². The predicted molar refractivity (Wildman–Crippen MR) is 66.6 cm³/mol. The molecule has 88 valence electrons. The third-order valence-electron chi connectivity index (χ3n) is 2.98. The van der Waals surface area contributed by atoms with Crippen molar-refractivity contribution in [2.75, 3.05) is 18.5 Å². The van der Waals surface area contributed by atoms with E-state index in [1.807, 2.05) is 0 Å². The summed E-state index contributed by atoms with van der Waals surface area (Å²) in [6.07, 6.45) is 4.60. The molecule has 2 N–H and O–H groups in total. The topological polar surface area (TPSA) is 58.0 Å². The third kappa shape index (κ3) is 2.64. The van der Waals surface area contributed by atoms with E-state index in [4.69, 9.17) is 16.7 Å². The highest BCUT2D eigenvalue weighted by Crippen LogP contribution is 2.48. The molecule has 16 heavy (non-hydrogen) atoms. The monoisotopic (exact) mass is 305 g/mol. The molecule has 1 fully saturated rings. The van der Waals surface area contributed by atoms with Gasteiger partial charge >= 0.3 is 0 Å². The second-order valence-electron chi connectivity index (χ2n) is 4.15. The first-order valence-corrected chi connectivity index (χ1v) is 6.35. The fourth-order valence-electron chi connectivity index (χ4n) is 1.67. The van der Waals surface area contributed by atoms with Gasteiger partial charge in [-0.05, 0) is 40.6 Å². The highest BCUT2D eigenvalue weighted by molar-refractivity contribution is 9.10. The first-order chi connectivity index (χ1) is 7.67. The van der Waals surface area contributed by atoms with Gasteiger partial charge in [0.1, 0.15) is 17.3 Å². The molecule has 0 aliphatic heterocycles. The van der Waals surface area contributed by atoms with E-state index >= 15 is 0 Å². The van der Waals surface area contributed by atoms with Gasteiger partial charge in [-0.15, -0.1) is 0 Å². The van der Waals surface area contributed by atoms with E-state index in [9.17, 15) is 0 Å². The van der Waals surface area contributed by atoms with Crippen molar-refractivity contribution < 1.29 is 5.11 Å². The number of hydrogen-bond acceptors (Lipinski definition) is 4. The van der Waals surface area contributed by atoms with Crippen LogP contribution >= 0.6 is 27.5 Å². The number of aliphatic hydroxyl groups is 1. The summed E-state index contributed by atoms with van der Waals surface area (Å²) in [4.78, 5) is 7.98. The van der Waals surface area contributed by atoms with E-state index < -0.39 is 0 Å². The summed E-state index contributed by atoms with van der Waals surface area (Å²) >= 11 is 9.20. The highest BCUT2D eigenvalue weighted by Gasteiger charge is 2.41. The fourth-order valence-corrected chi connectivity index (χ4v) is 2.15. The number of anilines is 1. The minimum Gasteiger partial charge on any atom is -0.396 e. The van der Waals surface area contributed by atoms with Crippen molar-refractivity contribution in [2.24, 2.45) is 5.41 Å². The summed E-state index contributed by atoms with van der Waals surface area (Å²) in [5.41, 5.74) is 0.256. The van der Waals surface area contributed by atoms with Crippen molar-refractivity contribution in [3.8, 4) is 0 Å². The van der Waals surface area contributed by atoms with Crippen LogP contribution in [-0.4, -0.2) is 28.2 Å². The quantitative estimate of drug-likeness (QED) is 0.821. The summed E-state index contributed by atoms with van der Waals surface area (Å²) in [7, 11) is 0. The van der Waals surface area contributed by atoms with Crippen molar-refractivity contribution in [3.05, 3.63) is 16.0 Å². The van der Waals surface area contributed by atoms with Gasteiger partial charge < -0.3 is 10.4 Å². The zero-order chi connectivity index (χ0) is 11.6. The average Bonchev–Trinajstić information content (AvgIpc) is 3.02. The second kappa shape index (κ2) is 4.85. The number of nitrogens with one attached hydrogen (secondary N) is 1. The molecule has 0 radical (unpaired) electrons. The number of aliphatic hydroxyl groups excluding tert-OH is 1. The van der Waals surface area contributed by atoms with Crippen LogP contribution in [0.2, 0.25) is 5.15 Å². The zero-order valence-electron chi connectivity index (χ0n) is 8.71. The molecule has 0 aromatic carbocycles. The van der Waals surface area contributed by atoms with Gasteiger partial charge in [-0.1, -0.05) is 11.6 Å². The van der Waals surface area contributed by atoms with Gasteiger partial charge in [-0.3, -0.25) is 0 Å². The standard InChI is InChI=1S/C10H13BrClN3O/c11-7-8(12)14-6-15-9(7)13-5-10(1-2-10)3-4-16/h6,16H,1-5H2,(H,13,14,15). The van der Waals surface area contributed by atoms with Gasteiger partial charge in [-0.2, -0.15) is 0 Å². The van der Waals surface area contributed by atoms with E-state index in [-0.39, 0.29) is 12.0 Å². The molecule has 1 aliphatic rings.